The molecule has 3 aromatic rings. The van der Waals surface area contributed by atoms with Gasteiger partial charge >= 0.3 is 0 Å². The maximum absolute atomic E-state index is 6.29. The van der Waals surface area contributed by atoms with Crippen LogP contribution in [-0.4, -0.2) is 10.7 Å². The second-order valence-corrected chi connectivity index (χ2v) is 6.27. The number of aromatic nitrogens is 1. The predicted octanol–water partition coefficient (Wildman–Crippen LogP) is 4.68. The van der Waals surface area contributed by atoms with Crippen molar-refractivity contribution in [2.24, 2.45) is 5.73 Å². The largest absolute Gasteiger partial charge is 0.323 e. The van der Waals surface area contributed by atoms with Gasteiger partial charge in [0.1, 0.15) is 0 Å². The summed E-state index contributed by atoms with van der Waals surface area (Å²) in [6, 6.07) is 18.0. The Labute approximate surface area is 133 Å². The number of nitrogens with zero attached hydrogens (tertiary/aromatic N) is 1. The molecule has 2 nitrogen and oxygen atoms in total. The van der Waals surface area contributed by atoms with Gasteiger partial charge in [-0.25, -0.2) is 0 Å². The molecule has 106 valence electrons. The zero-order chi connectivity index (χ0) is 14.7. The van der Waals surface area contributed by atoms with Crippen molar-refractivity contribution in [2.45, 2.75) is 10.9 Å². The quantitative estimate of drug-likeness (QED) is 0.711. The van der Waals surface area contributed by atoms with Gasteiger partial charge in [-0.1, -0.05) is 41.9 Å². The molecule has 0 aliphatic carbocycles. The van der Waals surface area contributed by atoms with Crippen LogP contribution in [0.25, 0.3) is 10.9 Å². The molecule has 0 saturated carbocycles. The molecule has 1 heterocycles. The first-order valence-corrected chi connectivity index (χ1v) is 8.08. The van der Waals surface area contributed by atoms with E-state index in [0.717, 1.165) is 32.1 Å². The minimum Gasteiger partial charge on any atom is -0.323 e. The van der Waals surface area contributed by atoms with Crippen molar-refractivity contribution in [1.82, 2.24) is 4.98 Å². The highest BCUT2D eigenvalue weighted by atomic mass is 35.5. The fraction of sp³-hybridized carbons (Fsp3) is 0.118. The van der Waals surface area contributed by atoms with Gasteiger partial charge in [-0.2, -0.15) is 0 Å². The molecule has 21 heavy (non-hydrogen) atoms. The van der Waals surface area contributed by atoms with Crippen molar-refractivity contribution in [1.29, 1.82) is 0 Å². The summed E-state index contributed by atoms with van der Waals surface area (Å²) < 4.78 is 0. The third-order valence-corrected chi connectivity index (χ3v) is 4.95. The van der Waals surface area contributed by atoms with Crippen LogP contribution in [0.15, 0.2) is 65.7 Å². The standard InChI is InChI=1S/C17H15ClN2S/c18-14-5-1-2-6-17(14)21-11-15(19)13-8-7-12-4-3-9-20-16(12)10-13/h1-10,15H,11,19H2. The van der Waals surface area contributed by atoms with E-state index in [1.807, 2.05) is 30.3 Å². The van der Waals surface area contributed by atoms with E-state index in [2.05, 4.69) is 29.2 Å². The first-order valence-electron chi connectivity index (χ1n) is 6.71. The lowest BCUT2D eigenvalue weighted by atomic mass is 10.1. The second kappa shape index (κ2) is 6.48. The fourth-order valence-corrected chi connectivity index (χ4v) is 3.38. The second-order valence-electron chi connectivity index (χ2n) is 4.80. The lowest BCUT2D eigenvalue weighted by Crippen LogP contribution is -2.12. The SMILES string of the molecule is NC(CSc1ccccc1Cl)c1ccc2cccnc2c1. The molecule has 0 bridgehead atoms. The first kappa shape index (κ1) is 14.4. The average Bonchev–Trinajstić information content (AvgIpc) is 2.53. The van der Waals surface area contributed by atoms with Crippen LogP contribution in [0.4, 0.5) is 0 Å². The van der Waals surface area contributed by atoms with Crippen molar-refractivity contribution < 1.29 is 0 Å². The zero-order valence-electron chi connectivity index (χ0n) is 11.4. The Balaban J connectivity index is 1.75. The molecule has 0 spiro atoms. The smallest absolute Gasteiger partial charge is 0.0705 e. The summed E-state index contributed by atoms with van der Waals surface area (Å²) in [7, 11) is 0. The molecule has 1 unspecified atom stereocenters. The molecule has 0 radical (unpaired) electrons. The van der Waals surface area contributed by atoms with Crippen molar-refractivity contribution >= 4 is 34.3 Å². The van der Waals surface area contributed by atoms with E-state index in [1.165, 1.54) is 0 Å². The highest BCUT2D eigenvalue weighted by molar-refractivity contribution is 7.99. The zero-order valence-corrected chi connectivity index (χ0v) is 12.9. The minimum atomic E-state index is -0.0438. The molecule has 1 aromatic heterocycles. The van der Waals surface area contributed by atoms with Crippen LogP contribution in [0, 0.1) is 0 Å². The summed E-state index contributed by atoms with van der Waals surface area (Å²) in [6.07, 6.45) is 1.80. The number of hydrogen-bond acceptors (Lipinski definition) is 3. The summed E-state index contributed by atoms with van der Waals surface area (Å²) in [6.45, 7) is 0. The molecule has 0 amide bonds. The van der Waals surface area contributed by atoms with E-state index in [-0.39, 0.29) is 6.04 Å². The van der Waals surface area contributed by atoms with Crippen LogP contribution >= 0.6 is 23.4 Å². The van der Waals surface area contributed by atoms with Gasteiger partial charge in [0.05, 0.1) is 10.5 Å². The molecular weight excluding hydrogens is 300 g/mol. The third kappa shape index (κ3) is 3.38. The van der Waals surface area contributed by atoms with Gasteiger partial charge in [0, 0.05) is 28.3 Å². The van der Waals surface area contributed by atoms with Crippen LogP contribution in [0.5, 0.6) is 0 Å². The van der Waals surface area contributed by atoms with Crippen molar-refractivity contribution in [2.75, 3.05) is 5.75 Å². The number of pyridine rings is 1. The third-order valence-electron chi connectivity index (χ3n) is 3.31. The predicted molar refractivity (Wildman–Crippen MR) is 90.8 cm³/mol. The van der Waals surface area contributed by atoms with Gasteiger partial charge in [-0.3, -0.25) is 4.98 Å². The minimum absolute atomic E-state index is 0.0438. The first-order chi connectivity index (χ1) is 10.2. The monoisotopic (exact) mass is 314 g/mol. The fourth-order valence-electron chi connectivity index (χ4n) is 2.15. The molecule has 0 aliphatic heterocycles. The number of fused-ring (bicyclic) bond motifs is 1. The topological polar surface area (TPSA) is 38.9 Å². The summed E-state index contributed by atoms with van der Waals surface area (Å²) in [5, 5.41) is 1.90. The highest BCUT2D eigenvalue weighted by Crippen LogP contribution is 2.29. The maximum Gasteiger partial charge on any atom is 0.0705 e. The number of nitrogens with two attached hydrogens (primary N) is 1. The normalized spacial score (nSPS) is 12.5. The Kier molecular flexibility index (Phi) is 4.44. The van der Waals surface area contributed by atoms with Crippen LogP contribution in [-0.2, 0) is 0 Å². The maximum atomic E-state index is 6.29. The molecule has 2 N–H and O–H groups in total. The average molecular weight is 315 g/mol. The van der Waals surface area contributed by atoms with Crippen molar-refractivity contribution in [3.8, 4) is 0 Å². The van der Waals surface area contributed by atoms with E-state index in [9.17, 15) is 0 Å². The Morgan fingerprint density at radius 3 is 2.81 bits per heavy atom. The van der Waals surface area contributed by atoms with Gasteiger partial charge < -0.3 is 5.73 Å². The lowest BCUT2D eigenvalue weighted by molar-refractivity contribution is 0.832. The Hall–Kier alpha value is -1.55. The summed E-state index contributed by atoms with van der Waals surface area (Å²) in [5.74, 6) is 0.780. The van der Waals surface area contributed by atoms with E-state index >= 15 is 0 Å². The van der Waals surface area contributed by atoms with Crippen molar-refractivity contribution in [3.05, 3.63) is 71.4 Å². The molecule has 0 aliphatic rings. The summed E-state index contributed by atoms with van der Waals surface area (Å²) in [4.78, 5) is 5.44. The summed E-state index contributed by atoms with van der Waals surface area (Å²) >= 11 is 7.84. The van der Waals surface area contributed by atoms with E-state index in [0.29, 0.717) is 0 Å². The van der Waals surface area contributed by atoms with Crippen LogP contribution in [0.2, 0.25) is 5.02 Å². The molecule has 4 heteroatoms. The van der Waals surface area contributed by atoms with Crippen molar-refractivity contribution in [3.63, 3.8) is 0 Å². The number of thioether (sulfide) groups is 1. The van der Waals surface area contributed by atoms with Gasteiger partial charge in [0.15, 0.2) is 0 Å². The Bertz CT molecular complexity index is 760. The number of halogens is 1. The number of hydrogen-bond donors (Lipinski definition) is 1. The van der Waals surface area contributed by atoms with Crippen LogP contribution < -0.4 is 5.73 Å². The van der Waals surface area contributed by atoms with E-state index < -0.39 is 0 Å². The molecule has 2 aromatic carbocycles. The molecule has 3 rings (SSSR count). The molecule has 1 atom stereocenters. The summed E-state index contributed by atoms with van der Waals surface area (Å²) in [5.41, 5.74) is 8.37. The highest BCUT2D eigenvalue weighted by Gasteiger charge is 2.09. The van der Waals surface area contributed by atoms with E-state index in [4.69, 9.17) is 17.3 Å². The molecular formula is C17H15ClN2S. The lowest BCUT2D eigenvalue weighted by Gasteiger charge is -2.13. The Morgan fingerprint density at radius 2 is 1.95 bits per heavy atom. The Morgan fingerprint density at radius 1 is 1.10 bits per heavy atom. The van der Waals surface area contributed by atoms with Gasteiger partial charge in [0.2, 0.25) is 0 Å². The molecule has 0 fully saturated rings. The number of rotatable bonds is 4. The van der Waals surface area contributed by atoms with Gasteiger partial charge in [-0.15, -0.1) is 11.8 Å². The van der Waals surface area contributed by atoms with Gasteiger partial charge in [-0.05, 0) is 29.8 Å². The van der Waals surface area contributed by atoms with Crippen LogP contribution in [0.3, 0.4) is 0 Å². The number of benzene rings is 2. The van der Waals surface area contributed by atoms with Gasteiger partial charge in [0.25, 0.3) is 0 Å². The van der Waals surface area contributed by atoms with E-state index in [1.54, 1.807) is 18.0 Å². The molecule has 0 saturated heterocycles. The van der Waals surface area contributed by atoms with Crippen LogP contribution in [0.1, 0.15) is 11.6 Å².